The van der Waals surface area contributed by atoms with E-state index >= 15 is 0 Å². The number of ether oxygens (including phenoxy) is 2. The summed E-state index contributed by atoms with van der Waals surface area (Å²) >= 11 is 3.32. The van der Waals surface area contributed by atoms with Gasteiger partial charge in [-0.1, -0.05) is 22.0 Å². The molecule has 0 fully saturated rings. The lowest BCUT2D eigenvalue weighted by Gasteiger charge is -2.05. The zero-order valence-electron chi connectivity index (χ0n) is 15.5. The fourth-order valence-electron chi connectivity index (χ4n) is 2.37. The van der Waals surface area contributed by atoms with Crippen LogP contribution in [-0.2, 0) is 0 Å². The molecule has 3 aromatic carbocycles. The van der Waals surface area contributed by atoms with Gasteiger partial charge in [0.25, 0.3) is 5.91 Å². The van der Waals surface area contributed by atoms with Gasteiger partial charge in [0.1, 0.15) is 11.5 Å². The van der Waals surface area contributed by atoms with Gasteiger partial charge in [0, 0.05) is 10.0 Å². The topological polar surface area (TPSA) is 77.0 Å². The normalized spacial score (nSPS) is 10.6. The predicted octanol–water partition coefficient (Wildman–Crippen LogP) is 4.44. The SMILES string of the molecule is COc1cccc(C(=O)N/N=C\c2ccc(OC(=O)c3ccc(Br)cc3)cc2)c1. The Kier molecular flexibility index (Phi) is 6.76. The third-order valence-corrected chi connectivity index (χ3v) is 4.41. The second kappa shape index (κ2) is 9.66. The monoisotopic (exact) mass is 452 g/mol. The molecule has 0 atom stereocenters. The molecule has 0 saturated heterocycles. The molecule has 0 heterocycles. The second-order valence-electron chi connectivity index (χ2n) is 5.90. The first-order valence-corrected chi connectivity index (χ1v) is 9.40. The predicted molar refractivity (Wildman–Crippen MR) is 114 cm³/mol. The van der Waals surface area contributed by atoms with E-state index in [-0.39, 0.29) is 5.91 Å². The third kappa shape index (κ3) is 5.76. The van der Waals surface area contributed by atoms with Crippen molar-refractivity contribution < 1.29 is 19.1 Å². The summed E-state index contributed by atoms with van der Waals surface area (Å²) in [5, 5.41) is 3.94. The molecule has 0 radical (unpaired) electrons. The van der Waals surface area contributed by atoms with Crippen LogP contribution in [0.2, 0.25) is 0 Å². The molecule has 146 valence electrons. The first-order chi connectivity index (χ1) is 14.0. The van der Waals surface area contributed by atoms with Gasteiger partial charge in [-0.25, -0.2) is 10.2 Å². The van der Waals surface area contributed by atoms with Gasteiger partial charge in [-0.15, -0.1) is 0 Å². The Hall–Kier alpha value is -3.45. The second-order valence-corrected chi connectivity index (χ2v) is 6.81. The van der Waals surface area contributed by atoms with Crippen molar-refractivity contribution in [3.8, 4) is 11.5 Å². The third-order valence-electron chi connectivity index (χ3n) is 3.88. The molecule has 0 aliphatic rings. The van der Waals surface area contributed by atoms with Crippen LogP contribution in [0.25, 0.3) is 0 Å². The number of amides is 1. The summed E-state index contributed by atoms with van der Waals surface area (Å²) in [6.45, 7) is 0. The number of carbonyl (C=O) groups excluding carboxylic acids is 2. The van der Waals surface area contributed by atoms with Crippen LogP contribution in [0, 0.1) is 0 Å². The van der Waals surface area contributed by atoms with Crippen LogP contribution >= 0.6 is 15.9 Å². The Morgan fingerprint density at radius 3 is 2.34 bits per heavy atom. The van der Waals surface area contributed by atoms with Crippen molar-refractivity contribution in [3.05, 3.63) is 94.0 Å². The zero-order valence-corrected chi connectivity index (χ0v) is 17.0. The van der Waals surface area contributed by atoms with Gasteiger partial charge in [0.05, 0.1) is 18.9 Å². The lowest BCUT2D eigenvalue weighted by molar-refractivity contribution is 0.0734. The van der Waals surface area contributed by atoms with Crippen molar-refractivity contribution in [1.29, 1.82) is 0 Å². The summed E-state index contributed by atoms with van der Waals surface area (Å²) < 4.78 is 11.3. The minimum atomic E-state index is -0.440. The lowest BCUT2D eigenvalue weighted by Crippen LogP contribution is -2.17. The molecule has 0 saturated carbocycles. The zero-order chi connectivity index (χ0) is 20.6. The summed E-state index contributed by atoms with van der Waals surface area (Å²) in [5.41, 5.74) is 4.09. The van der Waals surface area contributed by atoms with E-state index in [4.69, 9.17) is 9.47 Å². The Morgan fingerprint density at radius 1 is 0.931 bits per heavy atom. The summed E-state index contributed by atoms with van der Waals surface area (Å²) in [7, 11) is 1.54. The number of hydrogen-bond donors (Lipinski definition) is 1. The number of halogens is 1. The number of benzene rings is 3. The molecule has 0 unspecified atom stereocenters. The number of carbonyl (C=O) groups is 2. The highest BCUT2D eigenvalue weighted by molar-refractivity contribution is 9.10. The number of nitrogens with zero attached hydrogens (tertiary/aromatic N) is 1. The maximum Gasteiger partial charge on any atom is 0.343 e. The molecule has 29 heavy (non-hydrogen) atoms. The Labute approximate surface area is 176 Å². The van der Waals surface area contributed by atoms with Gasteiger partial charge >= 0.3 is 5.97 Å². The van der Waals surface area contributed by atoms with Gasteiger partial charge < -0.3 is 9.47 Å². The molecule has 3 rings (SSSR count). The van der Waals surface area contributed by atoms with Crippen molar-refractivity contribution in [2.45, 2.75) is 0 Å². The number of nitrogens with one attached hydrogen (secondary N) is 1. The summed E-state index contributed by atoms with van der Waals surface area (Å²) in [6.07, 6.45) is 1.50. The molecule has 3 aromatic rings. The minimum absolute atomic E-state index is 0.347. The summed E-state index contributed by atoms with van der Waals surface area (Å²) in [5.74, 6) is 0.218. The maximum absolute atomic E-state index is 12.1. The largest absolute Gasteiger partial charge is 0.497 e. The molecule has 0 spiro atoms. The summed E-state index contributed by atoms with van der Waals surface area (Å²) in [4.78, 5) is 24.2. The van der Waals surface area contributed by atoms with Crippen LogP contribution in [-0.4, -0.2) is 25.2 Å². The highest BCUT2D eigenvalue weighted by atomic mass is 79.9. The first kappa shape index (κ1) is 20.3. The number of esters is 1. The van der Waals surface area contributed by atoms with Crippen LogP contribution in [0.3, 0.4) is 0 Å². The van der Waals surface area contributed by atoms with E-state index in [1.807, 2.05) is 0 Å². The van der Waals surface area contributed by atoms with E-state index in [1.165, 1.54) is 13.3 Å². The Balaban J connectivity index is 1.56. The van der Waals surface area contributed by atoms with Crippen molar-refractivity contribution in [1.82, 2.24) is 5.43 Å². The molecule has 1 amide bonds. The van der Waals surface area contributed by atoms with E-state index in [9.17, 15) is 9.59 Å². The number of hydrogen-bond acceptors (Lipinski definition) is 5. The number of rotatable bonds is 6. The number of hydrazone groups is 1. The van der Waals surface area contributed by atoms with Gasteiger partial charge in [0.15, 0.2) is 0 Å². The van der Waals surface area contributed by atoms with E-state index in [0.717, 1.165) is 10.0 Å². The van der Waals surface area contributed by atoms with Crippen LogP contribution in [0.4, 0.5) is 0 Å². The highest BCUT2D eigenvalue weighted by Gasteiger charge is 2.08. The van der Waals surface area contributed by atoms with E-state index in [1.54, 1.807) is 72.8 Å². The van der Waals surface area contributed by atoms with Crippen molar-refractivity contribution in [2.24, 2.45) is 5.10 Å². The maximum atomic E-state index is 12.1. The molecule has 0 bridgehead atoms. The van der Waals surface area contributed by atoms with Crippen molar-refractivity contribution >= 4 is 34.0 Å². The molecule has 0 aliphatic heterocycles. The average molecular weight is 453 g/mol. The first-order valence-electron chi connectivity index (χ1n) is 8.60. The smallest absolute Gasteiger partial charge is 0.343 e. The summed E-state index contributed by atoms with van der Waals surface area (Å²) in [6, 6.07) is 20.4. The van der Waals surface area contributed by atoms with E-state index < -0.39 is 5.97 Å². The molecular formula is C22H17BrN2O4. The minimum Gasteiger partial charge on any atom is -0.497 e. The molecule has 0 aromatic heterocycles. The van der Waals surface area contributed by atoms with Crippen LogP contribution in [0.15, 0.2) is 82.4 Å². The lowest BCUT2D eigenvalue weighted by atomic mass is 10.2. The van der Waals surface area contributed by atoms with Crippen molar-refractivity contribution in [2.75, 3.05) is 7.11 Å². The van der Waals surface area contributed by atoms with E-state index in [0.29, 0.717) is 22.6 Å². The quantitative estimate of drug-likeness (QED) is 0.259. The average Bonchev–Trinajstić information content (AvgIpc) is 2.75. The molecule has 6 nitrogen and oxygen atoms in total. The fraction of sp³-hybridized carbons (Fsp3) is 0.0455. The number of methoxy groups -OCH3 is 1. The Bertz CT molecular complexity index is 1030. The van der Waals surface area contributed by atoms with E-state index in [2.05, 4.69) is 26.5 Å². The highest BCUT2D eigenvalue weighted by Crippen LogP contribution is 2.16. The van der Waals surface area contributed by atoms with Gasteiger partial charge in [-0.3, -0.25) is 4.79 Å². The molecule has 0 aliphatic carbocycles. The van der Waals surface area contributed by atoms with Crippen LogP contribution < -0.4 is 14.9 Å². The molecule has 1 N–H and O–H groups in total. The molecule has 7 heteroatoms. The van der Waals surface area contributed by atoms with Crippen LogP contribution in [0.5, 0.6) is 11.5 Å². The Morgan fingerprint density at radius 2 is 1.66 bits per heavy atom. The van der Waals surface area contributed by atoms with Gasteiger partial charge in [-0.05, 0) is 72.3 Å². The van der Waals surface area contributed by atoms with Crippen molar-refractivity contribution in [3.63, 3.8) is 0 Å². The van der Waals surface area contributed by atoms with Crippen LogP contribution in [0.1, 0.15) is 26.3 Å². The standard InChI is InChI=1S/C22H17BrN2O4/c1-28-20-4-2-3-17(13-20)21(26)25-24-14-15-5-11-19(12-6-15)29-22(27)16-7-9-18(23)10-8-16/h2-14H,1H3,(H,25,26)/b24-14-. The van der Waals surface area contributed by atoms with Gasteiger partial charge in [0.2, 0.25) is 0 Å². The molecular weight excluding hydrogens is 436 g/mol. The fourth-order valence-corrected chi connectivity index (χ4v) is 2.63. The van der Waals surface area contributed by atoms with Gasteiger partial charge in [-0.2, -0.15) is 5.10 Å².